The molecule has 0 bridgehead atoms. The lowest BCUT2D eigenvalue weighted by atomic mass is 10.2. The van der Waals surface area contributed by atoms with E-state index in [0.717, 1.165) is 5.56 Å². The van der Waals surface area contributed by atoms with Crippen molar-refractivity contribution >= 4 is 5.97 Å². The Morgan fingerprint density at radius 2 is 2.13 bits per heavy atom. The summed E-state index contributed by atoms with van der Waals surface area (Å²) in [6.45, 7) is 2.37. The molecule has 0 aromatic heterocycles. The van der Waals surface area contributed by atoms with E-state index in [-0.39, 0.29) is 0 Å². The van der Waals surface area contributed by atoms with E-state index in [2.05, 4.69) is 5.48 Å². The van der Waals surface area contributed by atoms with E-state index in [1.807, 2.05) is 30.3 Å². The van der Waals surface area contributed by atoms with Crippen LogP contribution < -0.4 is 5.48 Å². The Morgan fingerprint density at radius 1 is 1.47 bits per heavy atom. The normalized spacial score (nSPS) is 12.3. The minimum atomic E-state index is -0.828. The fourth-order valence-electron chi connectivity index (χ4n) is 0.980. The lowest BCUT2D eigenvalue weighted by Crippen LogP contribution is -2.26. The van der Waals surface area contributed by atoms with Crippen LogP contribution in [0.3, 0.4) is 0 Å². The summed E-state index contributed by atoms with van der Waals surface area (Å²) in [5.74, 6) is -1.27. The summed E-state index contributed by atoms with van der Waals surface area (Å²) in [6.07, 6.45) is 0. The lowest BCUT2D eigenvalue weighted by molar-refractivity contribution is -0.142. The Hall–Kier alpha value is -1.39. The summed E-state index contributed by atoms with van der Waals surface area (Å²) in [5.41, 5.74) is 3.68. The minimum Gasteiger partial charge on any atom is -0.481 e. The van der Waals surface area contributed by atoms with Gasteiger partial charge in [0.2, 0.25) is 0 Å². The Balaban J connectivity index is 2.15. The van der Waals surface area contributed by atoms with Crippen molar-refractivity contribution in [2.24, 2.45) is 5.92 Å². The molecule has 0 unspecified atom stereocenters. The van der Waals surface area contributed by atoms with Gasteiger partial charge in [-0.1, -0.05) is 37.3 Å². The van der Waals surface area contributed by atoms with Crippen LogP contribution in [0.5, 0.6) is 0 Å². The highest BCUT2D eigenvalue weighted by molar-refractivity contribution is 5.69. The molecule has 0 saturated carbocycles. The minimum absolute atomic E-state index is 0.308. The molecule has 1 rings (SSSR count). The van der Waals surface area contributed by atoms with Crippen LogP contribution in [0, 0.1) is 5.92 Å². The zero-order valence-corrected chi connectivity index (χ0v) is 8.64. The fraction of sp³-hybridized carbons (Fsp3) is 0.364. The second-order valence-corrected chi connectivity index (χ2v) is 3.36. The molecule has 1 aromatic rings. The standard InChI is InChI=1S/C11H15NO3/c1-9(11(13)14)7-12-15-8-10-5-3-2-4-6-10/h2-6,9,12H,7-8H2,1H3,(H,13,14)/t9-/m0/s1. The van der Waals surface area contributed by atoms with Gasteiger partial charge in [0.25, 0.3) is 0 Å². The summed E-state index contributed by atoms with van der Waals surface area (Å²) in [6, 6.07) is 9.69. The zero-order valence-electron chi connectivity index (χ0n) is 8.64. The third-order valence-corrected chi connectivity index (χ3v) is 1.99. The Labute approximate surface area is 88.8 Å². The van der Waals surface area contributed by atoms with Crippen molar-refractivity contribution in [3.63, 3.8) is 0 Å². The van der Waals surface area contributed by atoms with Crippen molar-refractivity contribution in [3.8, 4) is 0 Å². The highest BCUT2D eigenvalue weighted by Crippen LogP contribution is 1.99. The second kappa shape index (κ2) is 6.16. The number of benzene rings is 1. The molecule has 0 radical (unpaired) electrons. The second-order valence-electron chi connectivity index (χ2n) is 3.36. The van der Waals surface area contributed by atoms with Crippen molar-refractivity contribution in [2.45, 2.75) is 13.5 Å². The first-order valence-corrected chi connectivity index (χ1v) is 4.81. The Kier molecular flexibility index (Phi) is 4.80. The van der Waals surface area contributed by atoms with Gasteiger partial charge < -0.3 is 5.11 Å². The average molecular weight is 209 g/mol. The van der Waals surface area contributed by atoms with Gasteiger partial charge in [-0.2, -0.15) is 0 Å². The topological polar surface area (TPSA) is 58.6 Å². The molecular formula is C11H15NO3. The third kappa shape index (κ3) is 4.58. The Bertz CT molecular complexity index is 300. The maximum Gasteiger partial charge on any atom is 0.307 e. The number of hydroxylamine groups is 1. The summed E-state index contributed by atoms with van der Waals surface area (Å²) in [4.78, 5) is 15.6. The van der Waals surface area contributed by atoms with E-state index >= 15 is 0 Å². The van der Waals surface area contributed by atoms with Crippen molar-refractivity contribution in [1.29, 1.82) is 0 Å². The van der Waals surface area contributed by atoms with Gasteiger partial charge in [-0.25, -0.2) is 5.48 Å². The highest BCUT2D eigenvalue weighted by atomic mass is 16.6. The molecule has 1 atom stereocenters. The molecule has 4 heteroatoms. The maximum absolute atomic E-state index is 10.5. The van der Waals surface area contributed by atoms with Crippen molar-refractivity contribution < 1.29 is 14.7 Å². The monoisotopic (exact) mass is 209 g/mol. The number of rotatable bonds is 6. The first kappa shape index (κ1) is 11.7. The molecule has 0 aliphatic rings. The van der Waals surface area contributed by atoms with E-state index in [0.29, 0.717) is 13.2 Å². The van der Waals surface area contributed by atoms with E-state index in [1.54, 1.807) is 6.92 Å². The number of carboxylic acid groups (broad SMARTS) is 1. The molecule has 0 aliphatic heterocycles. The van der Waals surface area contributed by atoms with E-state index in [1.165, 1.54) is 0 Å². The first-order chi connectivity index (χ1) is 7.20. The molecule has 0 amide bonds. The van der Waals surface area contributed by atoms with Crippen molar-refractivity contribution in [2.75, 3.05) is 6.54 Å². The van der Waals surface area contributed by atoms with Crippen molar-refractivity contribution in [3.05, 3.63) is 35.9 Å². The van der Waals surface area contributed by atoms with Crippen LogP contribution in [-0.4, -0.2) is 17.6 Å². The maximum atomic E-state index is 10.5. The van der Waals surface area contributed by atoms with Crippen LogP contribution in [0.2, 0.25) is 0 Å². The van der Waals surface area contributed by atoms with Gasteiger partial charge in [0.15, 0.2) is 0 Å². The van der Waals surface area contributed by atoms with Gasteiger partial charge in [-0.15, -0.1) is 0 Å². The van der Waals surface area contributed by atoms with E-state index < -0.39 is 11.9 Å². The summed E-state index contributed by atoms with van der Waals surface area (Å²) < 4.78 is 0. The quantitative estimate of drug-likeness (QED) is 0.549. The molecule has 4 nitrogen and oxygen atoms in total. The first-order valence-electron chi connectivity index (χ1n) is 4.81. The summed E-state index contributed by atoms with van der Waals surface area (Å²) in [7, 11) is 0. The van der Waals surface area contributed by atoms with Crippen LogP contribution in [0.1, 0.15) is 12.5 Å². The fourth-order valence-corrected chi connectivity index (χ4v) is 0.980. The van der Waals surface area contributed by atoms with Gasteiger partial charge in [-0.05, 0) is 5.56 Å². The van der Waals surface area contributed by atoms with Gasteiger partial charge >= 0.3 is 5.97 Å². The van der Waals surface area contributed by atoms with Gasteiger partial charge in [0.05, 0.1) is 12.5 Å². The highest BCUT2D eigenvalue weighted by Gasteiger charge is 2.09. The lowest BCUT2D eigenvalue weighted by Gasteiger charge is -2.08. The zero-order chi connectivity index (χ0) is 11.1. The molecule has 0 heterocycles. The number of carbonyl (C=O) groups is 1. The molecule has 0 spiro atoms. The number of nitrogens with one attached hydrogen (secondary N) is 1. The van der Waals surface area contributed by atoms with E-state index in [9.17, 15) is 4.79 Å². The van der Waals surface area contributed by atoms with E-state index in [4.69, 9.17) is 9.94 Å². The van der Waals surface area contributed by atoms with Crippen LogP contribution in [0.4, 0.5) is 0 Å². The molecule has 1 aromatic carbocycles. The Morgan fingerprint density at radius 3 is 2.73 bits per heavy atom. The number of hydrogen-bond acceptors (Lipinski definition) is 3. The molecule has 2 N–H and O–H groups in total. The SMILES string of the molecule is C[C@@H](CNOCc1ccccc1)C(=O)O. The van der Waals surface area contributed by atoms with Crippen LogP contribution in [0.25, 0.3) is 0 Å². The van der Waals surface area contributed by atoms with Crippen molar-refractivity contribution in [1.82, 2.24) is 5.48 Å². The molecule has 82 valence electrons. The van der Waals surface area contributed by atoms with Crippen LogP contribution >= 0.6 is 0 Å². The molecule has 0 aliphatic carbocycles. The van der Waals surface area contributed by atoms with Crippen LogP contribution in [-0.2, 0) is 16.2 Å². The molecule has 0 saturated heterocycles. The van der Waals surface area contributed by atoms with Gasteiger partial charge in [-0.3, -0.25) is 9.63 Å². The number of hydrogen-bond donors (Lipinski definition) is 2. The van der Waals surface area contributed by atoms with Crippen LogP contribution in [0.15, 0.2) is 30.3 Å². The number of carboxylic acids is 1. The predicted molar refractivity (Wildman–Crippen MR) is 56.0 cm³/mol. The molecule has 0 fully saturated rings. The average Bonchev–Trinajstić information content (AvgIpc) is 2.25. The largest absolute Gasteiger partial charge is 0.481 e. The predicted octanol–water partition coefficient (Wildman–Crippen LogP) is 1.43. The van der Waals surface area contributed by atoms with Gasteiger partial charge in [0, 0.05) is 6.54 Å². The molecule has 15 heavy (non-hydrogen) atoms. The molecular weight excluding hydrogens is 194 g/mol. The summed E-state index contributed by atoms with van der Waals surface area (Å²) >= 11 is 0. The smallest absolute Gasteiger partial charge is 0.307 e. The number of aliphatic carboxylic acids is 1. The third-order valence-electron chi connectivity index (χ3n) is 1.99. The van der Waals surface area contributed by atoms with Gasteiger partial charge in [0.1, 0.15) is 0 Å². The summed E-state index contributed by atoms with van der Waals surface area (Å²) in [5, 5.41) is 8.60.